The number of aliphatic carboxylic acids is 1. The highest BCUT2D eigenvalue weighted by Crippen LogP contribution is 2.23. The second-order valence-electron chi connectivity index (χ2n) is 4.70. The van der Waals surface area contributed by atoms with Crippen LogP contribution in [-0.2, 0) is 11.8 Å². The molecule has 100 valence electrons. The molecule has 6 nitrogen and oxygen atoms in total. The molecule has 0 amide bonds. The van der Waals surface area contributed by atoms with Crippen molar-refractivity contribution in [2.45, 2.75) is 32.2 Å². The minimum atomic E-state index is -0.842. The van der Waals surface area contributed by atoms with Crippen LogP contribution in [0.15, 0.2) is 15.5 Å². The van der Waals surface area contributed by atoms with Crippen molar-refractivity contribution in [1.29, 1.82) is 0 Å². The molecular formula is C11H16BrN3O3. The third kappa shape index (κ3) is 3.83. The third-order valence-electron chi connectivity index (χ3n) is 2.52. The van der Waals surface area contributed by atoms with Gasteiger partial charge in [0.15, 0.2) is 0 Å². The summed E-state index contributed by atoms with van der Waals surface area (Å²) in [6.07, 6.45) is 2.05. The Kier molecular flexibility index (Phi) is 4.50. The van der Waals surface area contributed by atoms with Gasteiger partial charge < -0.3 is 10.4 Å². The van der Waals surface area contributed by atoms with Crippen LogP contribution in [0.25, 0.3) is 0 Å². The van der Waals surface area contributed by atoms with Crippen molar-refractivity contribution in [3.63, 3.8) is 0 Å². The van der Waals surface area contributed by atoms with Gasteiger partial charge in [0, 0.05) is 19.0 Å². The van der Waals surface area contributed by atoms with Gasteiger partial charge in [0.1, 0.15) is 4.47 Å². The van der Waals surface area contributed by atoms with E-state index in [-0.39, 0.29) is 12.0 Å². The second-order valence-corrected chi connectivity index (χ2v) is 5.50. The maximum absolute atomic E-state index is 11.7. The lowest BCUT2D eigenvalue weighted by molar-refractivity contribution is -0.137. The van der Waals surface area contributed by atoms with Crippen LogP contribution in [0.3, 0.4) is 0 Å². The number of carboxylic acids is 1. The zero-order chi connectivity index (χ0) is 13.9. The highest BCUT2D eigenvalue weighted by Gasteiger charge is 2.21. The number of hydrogen-bond donors (Lipinski definition) is 2. The molecule has 0 radical (unpaired) electrons. The van der Waals surface area contributed by atoms with Gasteiger partial charge in [-0.3, -0.25) is 9.59 Å². The van der Waals surface area contributed by atoms with Crippen LogP contribution in [-0.4, -0.2) is 26.4 Å². The Morgan fingerprint density at radius 2 is 2.22 bits per heavy atom. The van der Waals surface area contributed by atoms with Gasteiger partial charge in [0.25, 0.3) is 5.56 Å². The molecule has 0 aliphatic heterocycles. The van der Waals surface area contributed by atoms with E-state index >= 15 is 0 Å². The number of rotatable bonds is 5. The summed E-state index contributed by atoms with van der Waals surface area (Å²) in [5.41, 5.74) is -0.114. The molecule has 7 heteroatoms. The monoisotopic (exact) mass is 317 g/mol. The van der Waals surface area contributed by atoms with E-state index in [1.165, 1.54) is 10.9 Å². The van der Waals surface area contributed by atoms with E-state index in [1.807, 2.05) is 13.8 Å². The SMILES string of the molecule is Cn1ncc(NC(C)(C)CCC(=O)O)c(Br)c1=O. The fraction of sp³-hybridized carbons (Fsp3) is 0.545. The predicted molar refractivity (Wildman–Crippen MR) is 71.7 cm³/mol. The highest BCUT2D eigenvalue weighted by molar-refractivity contribution is 9.10. The number of aryl methyl sites for hydroxylation is 1. The molecule has 0 aliphatic rings. The van der Waals surface area contributed by atoms with E-state index in [9.17, 15) is 9.59 Å². The van der Waals surface area contributed by atoms with Gasteiger partial charge in [0.05, 0.1) is 11.9 Å². The molecule has 2 N–H and O–H groups in total. The quantitative estimate of drug-likeness (QED) is 0.861. The maximum Gasteiger partial charge on any atom is 0.303 e. The van der Waals surface area contributed by atoms with Crippen LogP contribution in [0, 0.1) is 0 Å². The van der Waals surface area contributed by atoms with Crippen molar-refractivity contribution in [1.82, 2.24) is 9.78 Å². The first-order valence-corrected chi connectivity index (χ1v) is 6.24. The van der Waals surface area contributed by atoms with Crippen molar-refractivity contribution in [2.75, 3.05) is 5.32 Å². The van der Waals surface area contributed by atoms with Crippen molar-refractivity contribution in [2.24, 2.45) is 7.05 Å². The number of aromatic nitrogens is 2. The lowest BCUT2D eigenvalue weighted by atomic mass is 9.98. The van der Waals surface area contributed by atoms with Crippen LogP contribution in [0.5, 0.6) is 0 Å². The average Bonchev–Trinajstić information content (AvgIpc) is 2.28. The second kappa shape index (κ2) is 5.51. The van der Waals surface area contributed by atoms with Gasteiger partial charge in [-0.15, -0.1) is 0 Å². The number of nitrogens with zero attached hydrogens (tertiary/aromatic N) is 2. The van der Waals surface area contributed by atoms with Gasteiger partial charge in [-0.1, -0.05) is 0 Å². The topological polar surface area (TPSA) is 84.2 Å². The Bertz CT molecular complexity index is 511. The minimum Gasteiger partial charge on any atom is -0.481 e. The lowest BCUT2D eigenvalue weighted by Crippen LogP contribution is -2.33. The fourth-order valence-corrected chi connectivity index (χ4v) is 1.90. The number of anilines is 1. The molecule has 0 unspecified atom stereocenters. The van der Waals surface area contributed by atoms with Crippen molar-refractivity contribution in [3.8, 4) is 0 Å². The Labute approximate surface area is 113 Å². The minimum absolute atomic E-state index is 0.0654. The maximum atomic E-state index is 11.7. The van der Waals surface area contributed by atoms with E-state index in [2.05, 4.69) is 26.3 Å². The number of nitrogens with one attached hydrogen (secondary N) is 1. The normalized spacial score (nSPS) is 11.3. The van der Waals surface area contributed by atoms with Crippen LogP contribution in [0.2, 0.25) is 0 Å². The van der Waals surface area contributed by atoms with Crippen molar-refractivity contribution in [3.05, 3.63) is 21.0 Å². The largest absolute Gasteiger partial charge is 0.481 e. The van der Waals surface area contributed by atoms with E-state index < -0.39 is 11.5 Å². The first-order valence-electron chi connectivity index (χ1n) is 5.45. The Hall–Kier alpha value is -1.37. The molecule has 0 saturated carbocycles. The molecule has 1 aromatic heterocycles. The standard InChI is InChI=1S/C11H16BrN3O3/c1-11(2,5-4-8(16)17)14-7-6-13-15(3)10(18)9(7)12/h6,14H,4-5H2,1-3H3,(H,16,17). The summed E-state index contributed by atoms with van der Waals surface area (Å²) in [4.78, 5) is 22.2. The van der Waals surface area contributed by atoms with Gasteiger partial charge >= 0.3 is 5.97 Å². The predicted octanol–water partition coefficient (Wildman–Crippen LogP) is 1.60. The molecule has 0 aromatic carbocycles. The molecule has 1 rings (SSSR count). The van der Waals surface area contributed by atoms with Crippen molar-refractivity contribution >= 4 is 27.6 Å². The smallest absolute Gasteiger partial charge is 0.303 e. The van der Waals surface area contributed by atoms with Crippen LogP contribution in [0.4, 0.5) is 5.69 Å². The Morgan fingerprint density at radius 1 is 1.61 bits per heavy atom. The molecule has 1 aromatic rings. The third-order valence-corrected chi connectivity index (χ3v) is 3.28. The molecule has 0 fully saturated rings. The summed E-state index contributed by atoms with van der Waals surface area (Å²) >= 11 is 3.21. The average molecular weight is 318 g/mol. The number of hydrogen-bond acceptors (Lipinski definition) is 4. The summed E-state index contributed by atoms with van der Waals surface area (Å²) in [6.45, 7) is 3.75. The number of halogens is 1. The van der Waals surface area contributed by atoms with Crippen LogP contribution < -0.4 is 10.9 Å². The molecule has 18 heavy (non-hydrogen) atoms. The molecule has 0 spiro atoms. The zero-order valence-electron chi connectivity index (χ0n) is 10.5. The molecular weight excluding hydrogens is 302 g/mol. The Balaban J connectivity index is 2.87. The summed E-state index contributed by atoms with van der Waals surface area (Å²) in [7, 11) is 1.56. The molecule has 1 heterocycles. The molecule has 0 bridgehead atoms. The molecule has 0 aliphatic carbocycles. The molecule has 0 saturated heterocycles. The van der Waals surface area contributed by atoms with E-state index in [0.29, 0.717) is 16.6 Å². The Morgan fingerprint density at radius 3 is 2.78 bits per heavy atom. The summed E-state index contributed by atoms with van der Waals surface area (Å²) < 4.78 is 1.61. The highest BCUT2D eigenvalue weighted by atomic mass is 79.9. The van der Waals surface area contributed by atoms with Gasteiger partial charge in [0.2, 0.25) is 0 Å². The first-order chi connectivity index (χ1) is 8.23. The lowest BCUT2D eigenvalue weighted by Gasteiger charge is -2.27. The molecule has 0 atom stereocenters. The van der Waals surface area contributed by atoms with Crippen molar-refractivity contribution < 1.29 is 9.90 Å². The van der Waals surface area contributed by atoms with E-state index in [1.54, 1.807) is 7.05 Å². The van der Waals surface area contributed by atoms with Crippen LogP contribution in [0.1, 0.15) is 26.7 Å². The fourth-order valence-electron chi connectivity index (χ4n) is 1.44. The first kappa shape index (κ1) is 14.7. The zero-order valence-corrected chi connectivity index (χ0v) is 12.1. The summed E-state index contributed by atoms with van der Waals surface area (Å²) in [6, 6.07) is 0. The summed E-state index contributed by atoms with van der Waals surface area (Å²) in [5.74, 6) is -0.842. The van der Waals surface area contributed by atoms with Gasteiger partial charge in [-0.25, -0.2) is 4.68 Å². The van der Waals surface area contributed by atoms with E-state index in [4.69, 9.17) is 5.11 Å². The van der Waals surface area contributed by atoms with Gasteiger partial charge in [-0.2, -0.15) is 5.10 Å². The van der Waals surface area contributed by atoms with Crippen LogP contribution >= 0.6 is 15.9 Å². The number of carboxylic acid groups (broad SMARTS) is 1. The summed E-state index contributed by atoms with van der Waals surface area (Å²) in [5, 5.41) is 15.7. The number of carbonyl (C=O) groups is 1. The van der Waals surface area contributed by atoms with E-state index in [0.717, 1.165) is 0 Å². The van der Waals surface area contributed by atoms with Gasteiger partial charge in [-0.05, 0) is 36.2 Å².